The van der Waals surface area contributed by atoms with E-state index in [1.54, 1.807) is 31.4 Å². The van der Waals surface area contributed by atoms with Crippen molar-refractivity contribution in [2.24, 2.45) is 0 Å². The van der Waals surface area contributed by atoms with Gasteiger partial charge >= 0.3 is 0 Å². The Labute approximate surface area is 203 Å². The second-order valence-corrected chi connectivity index (χ2v) is 9.07. The molecule has 1 N–H and O–H groups in total. The number of benzene rings is 2. The van der Waals surface area contributed by atoms with Crippen LogP contribution in [-0.2, 0) is 20.9 Å². The SMILES string of the molecule is COCCCN1C(=O)C(=O)C(=C(O)c2ccc(OCc3ccccc3C)cc2)C1c1cccs1. The van der Waals surface area contributed by atoms with Gasteiger partial charge in [0.15, 0.2) is 0 Å². The van der Waals surface area contributed by atoms with Crippen molar-refractivity contribution in [3.63, 3.8) is 0 Å². The molecule has 6 nitrogen and oxygen atoms in total. The summed E-state index contributed by atoms with van der Waals surface area (Å²) in [5, 5.41) is 13.0. The number of nitrogens with zero attached hydrogens (tertiary/aromatic N) is 1. The van der Waals surface area contributed by atoms with E-state index < -0.39 is 17.7 Å². The molecule has 1 atom stereocenters. The van der Waals surface area contributed by atoms with E-state index in [2.05, 4.69) is 0 Å². The third-order valence-electron chi connectivity index (χ3n) is 5.88. The molecule has 0 aliphatic carbocycles. The zero-order valence-electron chi connectivity index (χ0n) is 19.2. The number of thiophene rings is 1. The standard InChI is InChI=1S/C27H27NO5S/c1-18-7-3-4-8-20(18)17-33-21-12-10-19(11-13-21)25(29)23-24(22-9-5-16-34-22)28(14-6-15-32-2)27(31)26(23)30/h3-5,7-13,16,24,29H,6,14-15,17H2,1-2H3. The third kappa shape index (κ3) is 4.90. The lowest BCUT2D eigenvalue weighted by Crippen LogP contribution is -2.31. The highest BCUT2D eigenvalue weighted by atomic mass is 32.1. The molecule has 34 heavy (non-hydrogen) atoms. The van der Waals surface area contributed by atoms with Crippen LogP contribution in [0, 0.1) is 6.92 Å². The number of ether oxygens (including phenoxy) is 2. The molecule has 176 valence electrons. The first-order valence-electron chi connectivity index (χ1n) is 11.1. The number of carbonyl (C=O) groups excluding carboxylic acids is 2. The van der Waals surface area contributed by atoms with Crippen molar-refractivity contribution >= 4 is 28.8 Å². The van der Waals surface area contributed by atoms with E-state index in [-0.39, 0.29) is 11.3 Å². The summed E-state index contributed by atoms with van der Waals surface area (Å²) in [5.74, 6) is -0.812. The van der Waals surface area contributed by atoms with Crippen molar-refractivity contribution < 1.29 is 24.2 Å². The first-order chi connectivity index (χ1) is 16.5. The van der Waals surface area contributed by atoms with Crippen LogP contribution >= 0.6 is 11.3 Å². The molecule has 1 aliphatic rings. The molecule has 0 radical (unpaired) electrons. The first-order valence-corrected chi connectivity index (χ1v) is 12.0. The smallest absolute Gasteiger partial charge is 0.295 e. The Bertz CT molecular complexity index is 1180. The summed E-state index contributed by atoms with van der Waals surface area (Å²) >= 11 is 1.45. The Morgan fingerprint density at radius 2 is 1.82 bits per heavy atom. The van der Waals surface area contributed by atoms with E-state index in [1.807, 2.05) is 48.7 Å². The molecule has 1 saturated heterocycles. The van der Waals surface area contributed by atoms with Gasteiger partial charge in [0.2, 0.25) is 0 Å². The van der Waals surface area contributed by atoms with Crippen LogP contribution in [0.15, 0.2) is 71.6 Å². The molecule has 2 heterocycles. The number of carbonyl (C=O) groups is 2. The van der Waals surface area contributed by atoms with Crippen molar-refractivity contribution in [3.05, 3.63) is 93.2 Å². The molecule has 1 amide bonds. The van der Waals surface area contributed by atoms with Gasteiger partial charge in [-0.2, -0.15) is 0 Å². The monoisotopic (exact) mass is 477 g/mol. The molecular weight excluding hydrogens is 450 g/mol. The van der Waals surface area contributed by atoms with Crippen LogP contribution in [0.25, 0.3) is 5.76 Å². The van der Waals surface area contributed by atoms with Crippen LogP contribution in [-0.4, -0.2) is 42.0 Å². The highest BCUT2D eigenvalue weighted by molar-refractivity contribution is 7.10. The minimum atomic E-state index is -0.673. The zero-order valence-corrected chi connectivity index (χ0v) is 20.0. The van der Waals surface area contributed by atoms with E-state index in [4.69, 9.17) is 9.47 Å². The maximum Gasteiger partial charge on any atom is 0.295 e. The summed E-state index contributed by atoms with van der Waals surface area (Å²) in [6, 6.07) is 18.1. The second kappa shape index (κ2) is 10.7. The van der Waals surface area contributed by atoms with Gasteiger partial charge in [0.25, 0.3) is 11.7 Å². The first kappa shape index (κ1) is 23.7. The summed E-state index contributed by atoms with van der Waals surface area (Å²) in [7, 11) is 1.60. The molecule has 1 aliphatic heterocycles. The van der Waals surface area contributed by atoms with E-state index in [0.717, 1.165) is 16.0 Å². The number of aryl methyl sites for hydroxylation is 1. The van der Waals surface area contributed by atoms with Gasteiger partial charge in [-0.25, -0.2) is 0 Å². The molecule has 0 saturated carbocycles. The van der Waals surface area contributed by atoms with Gasteiger partial charge in [-0.15, -0.1) is 11.3 Å². The fraction of sp³-hybridized carbons (Fsp3) is 0.259. The Morgan fingerprint density at radius 3 is 2.50 bits per heavy atom. The zero-order chi connectivity index (χ0) is 24.1. The van der Waals surface area contributed by atoms with Gasteiger partial charge in [-0.1, -0.05) is 30.3 Å². The van der Waals surface area contributed by atoms with Crippen molar-refractivity contribution in [3.8, 4) is 5.75 Å². The predicted octanol–water partition coefficient (Wildman–Crippen LogP) is 5.09. The molecule has 1 fully saturated rings. The molecule has 0 bridgehead atoms. The minimum Gasteiger partial charge on any atom is -0.507 e. The van der Waals surface area contributed by atoms with Crippen LogP contribution in [0.2, 0.25) is 0 Å². The van der Waals surface area contributed by atoms with Gasteiger partial charge in [-0.05, 0) is 60.2 Å². The Kier molecular flexibility index (Phi) is 7.45. The van der Waals surface area contributed by atoms with E-state index in [0.29, 0.717) is 37.5 Å². The fourth-order valence-electron chi connectivity index (χ4n) is 4.03. The number of aliphatic hydroxyl groups excluding tert-OH is 1. The lowest BCUT2D eigenvalue weighted by molar-refractivity contribution is -0.140. The molecular formula is C27H27NO5S. The Morgan fingerprint density at radius 1 is 1.06 bits per heavy atom. The topological polar surface area (TPSA) is 76.1 Å². The van der Waals surface area contributed by atoms with Crippen LogP contribution in [0.1, 0.15) is 34.0 Å². The predicted molar refractivity (Wildman–Crippen MR) is 132 cm³/mol. The van der Waals surface area contributed by atoms with E-state index >= 15 is 0 Å². The van der Waals surface area contributed by atoms with Gasteiger partial charge in [0.05, 0.1) is 11.6 Å². The normalized spacial score (nSPS) is 17.4. The minimum absolute atomic E-state index is 0.110. The van der Waals surface area contributed by atoms with Crippen molar-refractivity contribution in [2.75, 3.05) is 20.3 Å². The highest BCUT2D eigenvalue weighted by Crippen LogP contribution is 2.41. The molecule has 3 aromatic rings. The molecule has 7 heteroatoms. The molecule has 1 aromatic heterocycles. The van der Waals surface area contributed by atoms with Crippen molar-refractivity contribution in [2.45, 2.75) is 26.0 Å². The summed E-state index contributed by atoms with van der Waals surface area (Å²) in [4.78, 5) is 28.2. The number of aliphatic hydroxyl groups is 1. The fourth-order valence-corrected chi connectivity index (χ4v) is 4.88. The van der Waals surface area contributed by atoms with Gasteiger partial charge in [-0.3, -0.25) is 9.59 Å². The number of methoxy groups -OCH3 is 1. The van der Waals surface area contributed by atoms with Crippen LogP contribution in [0.4, 0.5) is 0 Å². The number of ketones is 1. The number of hydrogen-bond donors (Lipinski definition) is 1. The Hall–Kier alpha value is -3.42. The van der Waals surface area contributed by atoms with Crippen molar-refractivity contribution in [1.29, 1.82) is 0 Å². The largest absolute Gasteiger partial charge is 0.507 e. The van der Waals surface area contributed by atoms with Crippen LogP contribution in [0.3, 0.4) is 0 Å². The number of likely N-dealkylation sites (tertiary alicyclic amines) is 1. The van der Waals surface area contributed by atoms with E-state index in [1.165, 1.54) is 16.2 Å². The molecule has 2 aromatic carbocycles. The van der Waals surface area contributed by atoms with Gasteiger partial charge in [0.1, 0.15) is 18.1 Å². The lowest BCUT2D eigenvalue weighted by Gasteiger charge is -2.24. The average Bonchev–Trinajstić information content (AvgIpc) is 3.46. The highest BCUT2D eigenvalue weighted by Gasteiger charge is 2.46. The van der Waals surface area contributed by atoms with Crippen LogP contribution in [0.5, 0.6) is 5.75 Å². The summed E-state index contributed by atoms with van der Waals surface area (Å²) in [6.07, 6.45) is 0.596. The number of hydrogen-bond acceptors (Lipinski definition) is 6. The molecule has 1 unspecified atom stereocenters. The Balaban J connectivity index is 1.59. The van der Waals surface area contributed by atoms with Crippen LogP contribution < -0.4 is 4.74 Å². The van der Waals surface area contributed by atoms with Crippen molar-refractivity contribution in [1.82, 2.24) is 4.90 Å². The summed E-state index contributed by atoms with van der Waals surface area (Å²) in [6.45, 7) is 3.31. The van der Waals surface area contributed by atoms with Gasteiger partial charge < -0.3 is 19.5 Å². The lowest BCUT2D eigenvalue weighted by atomic mass is 10.00. The number of amides is 1. The second-order valence-electron chi connectivity index (χ2n) is 8.09. The van der Waals surface area contributed by atoms with Gasteiger partial charge in [0, 0.05) is 30.7 Å². The summed E-state index contributed by atoms with van der Waals surface area (Å²) < 4.78 is 11.0. The van der Waals surface area contributed by atoms with E-state index in [9.17, 15) is 14.7 Å². The maximum absolute atomic E-state index is 13.0. The summed E-state index contributed by atoms with van der Waals surface area (Å²) in [5.41, 5.74) is 2.82. The number of rotatable bonds is 9. The molecule has 4 rings (SSSR count). The number of Topliss-reactive ketones (excluding diaryl/α,β-unsaturated/α-hetero) is 1. The maximum atomic E-state index is 13.0. The quantitative estimate of drug-likeness (QED) is 0.201. The third-order valence-corrected chi connectivity index (χ3v) is 6.81. The molecule has 0 spiro atoms. The average molecular weight is 478 g/mol.